The lowest BCUT2D eigenvalue weighted by Crippen LogP contribution is -2.44. The Balaban J connectivity index is 4.87. The zero-order chi connectivity index (χ0) is 19.3. The summed E-state index contributed by atoms with van der Waals surface area (Å²) in [7, 11) is -1.64. The molecule has 0 saturated heterocycles. The van der Waals surface area contributed by atoms with Crippen LogP contribution in [0.2, 0.25) is 23.7 Å². The van der Waals surface area contributed by atoms with Crippen molar-refractivity contribution in [3.05, 3.63) is 0 Å². The molecule has 0 saturated carbocycles. The summed E-state index contributed by atoms with van der Waals surface area (Å²) >= 11 is 0. The van der Waals surface area contributed by atoms with E-state index in [1.807, 2.05) is 20.8 Å². The largest absolute Gasteiger partial charge is 0.519 e. The minimum Gasteiger partial charge on any atom is -0.519 e. The van der Waals surface area contributed by atoms with E-state index in [0.717, 1.165) is 18.1 Å². The van der Waals surface area contributed by atoms with Crippen molar-refractivity contribution in [3.63, 3.8) is 0 Å². The van der Waals surface area contributed by atoms with E-state index in [-0.39, 0.29) is 18.0 Å². The first kappa shape index (κ1) is 24.9. The highest BCUT2D eigenvalue weighted by Gasteiger charge is 2.41. The molecule has 5 heteroatoms. The average molecular weight is 387 g/mol. The number of carbonyl (C=O) groups excluding carboxylic acids is 1. The molecule has 2 radical (unpaired) electrons. The Labute approximate surface area is 160 Å². The second-order valence-corrected chi connectivity index (χ2v) is 13.4. The van der Waals surface area contributed by atoms with Crippen molar-refractivity contribution in [3.8, 4) is 0 Å². The molecule has 1 atom stereocenters. The van der Waals surface area contributed by atoms with Gasteiger partial charge in [-0.3, -0.25) is 4.79 Å². The summed E-state index contributed by atoms with van der Waals surface area (Å²) in [5, 5.41) is 0. The van der Waals surface area contributed by atoms with Crippen LogP contribution in [0.5, 0.6) is 0 Å². The Hall–Kier alpha value is -0.136. The predicted octanol–water partition coefficient (Wildman–Crippen LogP) is 6.36. The van der Waals surface area contributed by atoms with E-state index in [4.69, 9.17) is 8.85 Å². The maximum absolute atomic E-state index is 12.8. The molecule has 148 valence electrons. The van der Waals surface area contributed by atoms with Gasteiger partial charge in [0.1, 0.15) is 0 Å². The van der Waals surface area contributed by atoms with Gasteiger partial charge < -0.3 is 8.85 Å². The van der Waals surface area contributed by atoms with Gasteiger partial charge in [0, 0.05) is 6.10 Å². The van der Waals surface area contributed by atoms with E-state index in [1.165, 1.54) is 38.5 Å². The topological polar surface area (TPSA) is 35.5 Å². The first-order chi connectivity index (χ1) is 11.8. The van der Waals surface area contributed by atoms with Crippen molar-refractivity contribution in [2.24, 2.45) is 5.92 Å². The highest BCUT2D eigenvalue weighted by Crippen LogP contribution is 2.35. The SMILES string of the molecule is CCCCC[Si](CCCCC)(OC(=O)C(C)C[Si]OC(C)C)C(C)C. The molecule has 0 bridgehead atoms. The molecule has 3 nitrogen and oxygen atoms in total. The number of hydrogen-bond donors (Lipinski definition) is 0. The van der Waals surface area contributed by atoms with Crippen LogP contribution in [0, 0.1) is 5.92 Å². The summed E-state index contributed by atoms with van der Waals surface area (Å²) in [5.41, 5.74) is 0.492. The lowest BCUT2D eigenvalue weighted by Gasteiger charge is -2.36. The second kappa shape index (κ2) is 14.0. The van der Waals surface area contributed by atoms with Crippen molar-refractivity contribution in [1.82, 2.24) is 0 Å². The minimum atomic E-state index is -2.02. The molecule has 0 aliphatic heterocycles. The van der Waals surface area contributed by atoms with E-state index in [0.29, 0.717) is 15.3 Å². The van der Waals surface area contributed by atoms with Gasteiger partial charge in [-0.1, -0.05) is 73.1 Å². The highest BCUT2D eigenvalue weighted by molar-refractivity contribution is 6.76. The molecule has 25 heavy (non-hydrogen) atoms. The van der Waals surface area contributed by atoms with Crippen molar-refractivity contribution >= 4 is 24.0 Å². The summed E-state index contributed by atoms with van der Waals surface area (Å²) in [5.74, 6) is -0.0340. The van der Waals surface area contributed by atoms with Gasteiger partial charge in [-0.15, -0.1) is 0 Å². The van der Waals surface area contributed by atoms with E-state index in [1.54, 1.807) is 0 Å². The number of carbonyl (C=O) groups is 1. The van der Waals surface area contributed by atoms with Crippen LogP contribution >= 0.6 is 0 Å². The molecule has 0 N–H and O–H groups in total. The number of unbranched alkanes of at least 4 members (excludes halogenated alkanes) is 4. The Morgan fingerprint density at radius 3 is 1.84 bits per heavy atom. The molecule has 1 unspecified atom stereocenters. The Morgan fingerprint density at radius 2 is 1.44 bits per heavy atom. The molecule has 0 aliphatic carbocycles. The van der Waals surface area contributed by atoms with Crippen molar-refractivity contribution < 1.29 is 13.6 Å². The molecule has 0 aromatic heterocycles. The van der Waals surface area contributed by atoms with Crippen LogP contribution in [0.3, 0.4) is 0 Å². The molecule has 0 heterocycles. The van der Waals surface area contributed by atoms with E-state index in [9.17, 15) is 4.79 Å². The zero-order valence-corrected chi connectivity index (χ0v) is 19.8. The maximum Gasteiger partial charge on any atom is 0.295 e. The van der Waals surface area contributed by atoms with Crippen LogP contribution in [0.1, 0.15) is 87.0 Å². The van der Waals surface area contributed by atoms with Crippen LogP contribution < -0.4 is 0 Å². The quantitative estimate of drug-likeness (QED) is 0.242. The molecule has 0 rings (SSSR count). The molecule has 0 aromatic rings. The first-order valence-corrected chi connectivity index (χ1v) is 13.9. The van der Waals surface area contributed by atoms with Crippen LogP contribution in [0.4, 0.5) is 0 Å². The van der Waals surface area contributed by atoms with Gasteiger partial charge in [-0.2, -0.15) is 0 Å². The fraction of sp³-hybridized carbons (Fsp3) is 0.950. The van der Waals surface area contributed by atoms with E-state index >= 15 is 0 Å². The highest BCUT2D eigenvalue weighted by atomic mass is 28.4. The summed E-state index contributed by atoms with van der Waals surface area (Å²) in [6.45, 7) is 15.1. The Kier molecular flexibility index (Phi) is 13.9. The van der Waals surface area contributed by atoms with Gasteiger partial charge in [-0.25, -0.2) is 0 Å². The molecular weight excluding hydrogens is 344 g/mol. The third-order valence-electron chi connectivity index (χ3n) is 4.87. The van der Waals surface area contributed by atoms with Gasteiger partial charge >= 0.3 is 0 Å². The van der Waals surface area contributed by atoms with Gasteiger partial charge in [-0.05, 0) is 37.5 Å². The van der Waals surface area contributed by atoms with Crippen LogP contribution in [0.25, 0.3) is 0 Å². The number of hydrogen-bond acceptors (Lipinski definition) is 3. The molecule has 0 fully saturated rings. The Bertz CT molecular complexity index is 336. The maximum atomic E-state index is 12.8. The minimum absolute atomic E-state index is 0.0215. The van der Waals surface area contributed by atoms with Gasteiger partial charge in [0.15, 0.2) is 0 Å². The first-order valence-electron chi connectivity index (χ1n) is 10.4. The second-order valence-electron chi connectivity index (χ2n) is 7.97. The smallest absolute Gasteiger partial charge is 0.295 e. The van der Waals surface area contributed by atoms with Crippen LogP contribution in [-0.2, 0) is 13.6 Å². The third-order valence-corrected chi connectivity index (χ3v) is 11.4. The summed E-state index contributed by atoms with van der Waals surface area (Å²) in [4.78, 5) is 12.8. The normalized spacial score (nSPS) is 13.5. The van der Waals surface area contributed by atoms with E-state index in [2.05, 4.69) is 27.7 Å². The molecule has 0 aliphatic rings. The fourth-order valence-electron chi connectivity index (χ4n) is 2.99. The molecule has 0 spiro atoms. The predicted molar refractivity (Wildman–Crippen MR) is 112 cm³/mol. The van der Waals surface area contributed by atoms with Crippen molar-refractivity contribution in [1.29, 1.82) is 0 Å². The molecule has 0 amide bonds. The third kappa shape index (κ3) is 10.6. The summed E-state index contributed by atoms with van der Waals surface area (Å²) in [6.07, 6.45) is 7.55. The van der Waals surface area contributed by atoms with Gasteiger partial charge in [0.2, 0.25) is 9.76 Å². The van der Waals surface area contributed by atoms with Gasteiger partial charge in [0.25, 0.3) is 14.3 Å². The van der Waals surface area contributed by atoms with E-state index < -0.39 is 8.32 Å². The zero-order valence-electron chi connectivity index (χ0n) is 17.8. The lowest BCUT2D eigenvalue weighted by molar-refractivity contribution is -0.139. The summed E-state index contributed by atoms with van der Waals surface area (Å²) in [6, 6.07) is 3.04. The van der Waals surface area contributed by atoms with Crippen LogP contribution in [0.15, 0.2) is 0 Å². The summed E-state index contributed by atoms with van der Waals surface area (Å²) < 4.78 is 12.0. The van der Waals surface area contributed by atoms with Crippen molar-refractivity contribution in [2.45, 2.75) is 117 Å². The monoisotopic (exact) mass is 386 g/mol. The Morgan fingerprint density at radius 1 is 0.920 bits per heavy atom. The lowest BCUT2D eigenvalue weighted by atomic mass is 10.2. The van der Waals surface area contributed by atoms with Crippen molar-refractivity contribution in [2.75, 3.05) is 0 Å². The molecule has 0 aromatic carbocycles. The molecular formula is C20H42O3Si2. The average Bonchev–Trinajstić information content (AvgIpc) is 2.54. The van der Waals surface area contributed by atoms with Crippen LogP contribution in [-0.4, -0.2) is 30.2 Å². The number of rotatable bonds is 15. The standard InChI is InChI=1S/C20H42O3Si2/c1-8-10-12-14-25(18(5)6,15-13-11-9-2)23-20(21)19(7)16-24-22-17(3)4/h17-19H,8-16H2,1-7H3. The van der Waals surface area contributed by atoms with Gasteiger partial charge in [0.05, 0.1) is 5.92 Å². The fourth-order valence-corrected chi connectivity index (χ4v) is 7.98.